The lowest BCUT2D eigenvalue weighted by atomic mass is 9.94. The number of aryl methyl sites for hydroxylation is 2. The van der Waals surface area contributed by atoms with Gasteiger partial charge in [0.2, 0.25) is 0 Å². The number of Topliss-reactive ketones (excluding diaryl/α,β-unsaturated/α-hetero) is 1. The van der Waals surface area contributed by atoms with Gasteiger partial charge in [-0.15, -0.1) is 0 Å². The lowest BCUT2D eigenvalue weighted by Crippen LogP contribution is -2.29. The minimum Gasteiger partial charge on any atom is -0.507 e. The molecule has 7 heteroatoms. The van der Waals surface area contributed by atoms with Crippen molar-refractivity contribution in [3.8, 4) is 11.5 Å². The van der Waals surface area contributed by atoms with Gasteiger partial charge in [0, 0.05) is 18.2 Å². The SMILES string of the molecule is CCCOc1ccc(/C(O)=C2\C(=O)C(=O)N(c3ccc(CC)cc3)C2c2cccc(OC(C)=O)c2)cc1C. The quantitative estimate of drug-likeness (QED) is 0.133. The van der Waals surface area contributed by atoms with Crippen molar-refractivity contribution in [2.75, 3.05) is 11.5 Å². The van der Waals surface area contributed by atoms with Gasteiger partial charge in [0.15, 0.2) is 0 Å². The Balaban J connectivity index is 1.88. The molecule has 0 spiro atoms. The van der Waals surface area contributed by atoms with Gasteiger partial charge in [0.25, 0.3) is 11.7 Å². The zero-order chi connectivity index (χ0) is 27.4. The van der Waals surface area contributed by atoms with Crippen molar-refractivity contribution in [2.24, 2.45) is 0 Å². The minimum absolute atomic E-state index is 0.0452. The lowest BCUT2D eigenvalue weighted by molar-refractivity contribution is -0.132. The van der Waals surface area contributed by atoms with E-state index in [2.05, 4.69) is 0 Å². The van der Waals surface area contributed by atoms with Crippen molar-refractivity contribution in [2.45, 2.75) is 46.6 Å². The highest BCUT2D eigenvalue weighted by Crippen LogP contribution is 2.43. The molecule has 0 aromatic heterocycles. The van der Waals surface area contributed by atoms with Crippen LogP contribution in [0.25, 0.3) is 5.76 Å². The van der Waals surface area contributed by atoms with Crippen LogP contribution in [0.5, 0.6) is 11.5 Å². The van der Waals surface area contributed by atoms with Crippen LogP contribution in [0, 0.1) is 6.92 Å². The van der Waals surface area contributed by atoms with Crippen LogP contribution in [0.4, 0.5) is 5.69 Å². The number of rotatable bonds is 8. The molecule has 1 amide bonds. The predicted molar refractivity (Wildman–Crippen MR) is 145 cm³/mol. The van der Waals surface area contributed by atoms with Gasteiger partial charge in [-0.25, -0.2) is 0 Å². The summed E-state index contributed by atoms with van der Waals surface area (Å²) in [5.41, 5.74) is 3.26. The summed E-state index contributed by atoms with van der Waals surface area (Å²) in [7, 11) is 0. The second kappa shape index (κ2) is 11.3. The van der Waals surface area contributed by atoms with Gasteiger partial charge in [-0.2, -0.15) is 0 Å². The summed E-state index contributed by atoms with van der Waals surface area (Å²) in [6, 6.07) is 18.2. The first kappa shape index (κ1) is 26.7. The third-order valence-corrected chi connectivity index (χ3v) is 6.41. The number of ketones is 1. The molecule has 3 aromatic rings. The molecule has 0 saturated carbocycles. The molecular formula is C31H31NO6. The third kappa shape index (κ3) is 5.32. The first-order chi connectivity index (χ1) is 18.2. The van der Waals surface area contributed by atoms with E-state index in [1.54, 1.807) is 54.6 Å². The summed E-state index contributed by atoms with van der Waals surface area (Å²) in [5, 5.41) is 11.4. The molecule has 0 bridgehead atoms. The molecule has 1 N–H and O–H groups in total. The molecular weight excluding hydrogens is 482 g/mol. The summed E-state index contributed by atoms with van der Waals surface area (Å²) in [6.45, 7) is 7.76. The Morgan fingerprint density at radius 1 is 1.00 bits per heavy atom. The van der Waals surface area contributed by atoms with Crippen LogP contribution >= 0.6 is 0 Å². The van der Waals surface area contributed by atoms with Crippen LogP contribution in [0.3, 0.4) is 0 Å². The molecule has 1 heterocycles. The van der Waals surface area contributed by atoms with Crippen molar-refractivity contribution < 1.29 is 29.0 Å². The lowest BCUT2D eigenvalue weighted by Gasteiger charge is -2.26. The van der Waals surface area contributed by atoms with Crippen LogP contribution in [0.15, 0.2) is 72.3 Å². The van der Waals surface area contributed by atoms with Crippen LogP contribution < -0.4 is 14.4 Å². The Bertz CT molecular complexity index is 1410. The molecule has 0 aliphatic carbocycles. The molecule has 1 fully saturated rings. The van der Waals surface area contributed by atoms with Crippen LogP contribution in [0.1, 0.15) is 55.5 Å². The van der Waals surface area contributed by atoms with E-state index in [-0.39, 0.29) is 17.1 Å². The van der Waals surface area contributed by atoms with Gasteiger partial charge in [-0.3, -0.25) is 19.3 Å². The Labute approximate surface area is 222 Å². The van der Waals surface area contributed by atoms with Crippen molar-refractivity contribution in [1.29, 1.82) is 0 Å². The zero-order valence-electron chi connectivity index (χ0n) is 22.0. The van der Waals surface area contributed by atoms with E-state index in [1.165, 1.54) is 11.8 Å². The maximum absolute atomic E-state index is 13.4. The van der Waals surface area contributed by atoms with Crippen molar-refractivity contribution in [3.63, 3.8) is 0 Å². The average Bonchev–Trinajstić information content (AvgIpc) is 3.17. The molecule has 38 heavy (non-hydrogen) atoms. The average molecular weight is 514 g/mol. The summed E-state index contributed by atoms with van der Waals surface area (Å²) in [5.74, 6) is -1.37. The van der Waals surface area contributed by atoms with Gasteiger partial charge >= 0.3 is 5.97 Å². The largest absolute Gasteiger partial charge is 0.507 e. The Morgan fingerprint density at radius 3 is 2.37 bits per heavy atom. The van der Waals surface area contributed by atoms with E-state index >= 15 is 0 Å². The van der Waals surface area contributed by atoms with Crippen LogP contribution in [-0.4, -0.2) is 29.4 Å². The molecule has 0 radical (unpaired) electrons. The molecule has 1 aliphatic heterocycles. The van der Waals surface area contributed by atoms with Crippen molar-refractivity contribution >= 4 is 29.1 Å². The number of carbonyl (C=O) groups is 3. The Hall–Kier alpha value is -4.39. The summed E-state index contributed by atoms with van der Waals surface area (Å²) < 4.78 is 11.0. The smallest absolute Gasteiger partial charge is 0.308 e. The number of aliphatic hydroxyl groups is 1. The second-order valence-corrected chi connectivity index (χ2v) is 9.18. The number of hydrogen-bond acceptors (Lipinski definition) is 6. The van der Waals surface area contributed by atoms with Crippen molar-refractivity contribution in [3.05, 3.63) is 94.6 Å². The van der Waals surface area contributed by atoms with Gasteiger partial charge < -0.3 is 14.6 Å². The highest BCUT2D eigenvalue weighted by atomic mass is 16.5. The highest BCUT2D eigenvalue weighted by Gasteiger charge is 2.47. The van der Waals surface area contributed by atoms with Crippen LogP contribution in [0.2, 0.25) is 0 Å². The molecule has 1 saturated heterocycles. The number of nitrogens with zero attached hydrogens (tertiary/aromatic N) is 1. The minimum atomic E-state index is -0.936. The van der Waals surface area contributed by atoms with Gasteiger partial charge in [0.1, 0.15) is 17.3 Å². The second-order valence-electron chi connectivity index (χ2n) is 9.18. The zero-order valence-corrected chi connectivity index (χ0v) is 22.0. The number of ether oxygens (including phenoxy) is 2. The van der Waals surface area contributed by atoms with E-state index < -0.39 is 23.7 Å². The van der Waals surface area contributed by atoms with Crippen LogP contribution in [-0.2, 0) is 20.8 Å². The first-order valence-corrected chi connectivity index (χ1v) is 12.7. The molecule has 196 valence electrons. The number of benzene rings is 3. The van der Waals surface area contributed by atoms with E-state index in [1.807, 2.05) is 32.9 Å². The number of carbonyl (C=O) groups excluding carboxylic acids is 3. The summed E-state index contributed by atoms with van der Waals surface area (Å²) >= 11 is 0. The molecule has 3 aromatic carbocycles. The molecule has 4 rings (SSSR count). The fourth-order valence-corrected chi connectivity index (χ4v) is 4.55. The number of amides is 1. The fourth-order valence-electron chi connectivity index (χ4n) is 4.55. The predicted octanol–water partition coefficient (Wildman–Crippen LogP) is 5.90. The summed E-state index contributed by atoms with van der Waals surface area (Å²) in [6.07, 6.45) is 1.68. The molecule has 7 nitrogen and oxygen atoms in total. The van der Waals surface area contributed by atoms with Crippen molar-refractivity contribution in [1.82, 2.24) is 0 Å². The highest BCUT2D eigenvalue weighted by molar-refractivity contribution is 6.51. The molecule has 1 atom stereocenters. The van der Waals surface area contributed by atoms with E-state index in [0.717, 1.165) is 24.0 Å². The first-order valence-electron chi connectivity index (χ1n) is 12.7. The number of aliphatic hydroxyl groups excluding tert-OH is 1. The topological polar surface area (TPSA) is 93.1 Å². The van der Waals surface area contributed by atoms with E-state index in [0.29, 0.717) is 29.2 Å². The monoisotopic (exact) mass is 513 g/mol. The standard InChI is InChI=1S/C31H31NO6/c1-5-16-37-26-15-12-23(17-19(26)3)29(34)27-28(22-8-7-9-25(18-22)38-20(4)33)32(31(36)30(27)35)24-13-10-21(6-2)11-14-24/h7-15,17-18,28,34H,5-6,16H2,1-4H3/b29-27+. The van der Waals surface area contributed by atoms with Gasteiger partial charge in [-0.1, -0.05) is 38.1 Å². The van der Waals surface area contributed by atoms with Gasteiger partial charge in [-0.05, 0) is 78.9 Å². The molecule has 1 unspecified atom stereocenters. The maximum Gasteiger partial charge on any atom is 0.308 e. The number of anilines is 1. The summed E-state index contributed by atoms with van der Waals surface area (Å²) in [4.78, 5) is 39.8. The third-order valence-electron chi connectivity index (χ3n) is 6.41. The Kier molecular flexibility index (Phi) is 7.96. The molecule has 1 aliphatic rings. The maximum atomic E-state index is 13.4. The van der Waals surface area contributed by atoms with E-state index in [9.17, 15) is 19.5 Å². The van der Waals surface area contributed by atoms with E-state index in [4.69, 9.17) is 9.47 Å². The Morgan fingerprint density at radius 2 is 1.74 bits per heavy atom. The fraction of sp³-hybridized carbons (Fsp3) is 0.258. The number of hydrogen-bond donors (Lipinski definition) is 1. The normalized spacial score (nSPS) is 16.5. The number of esters is 1. The van der Waals surface area contributed by atoms with Gasteiger partial charge in [0.05, 0.1) is 18.2 Å².